The van der Waals surface area contributed by atoms with Crippen LogP contribution in [-0.4, -0.2) is 36.3 Å². The number of benzene rings is 2. The second-order valence-corrected chi connectivity index (χ2v) is 6.88. The molecule has 5 nitrogen and oxygen atoms in total. The number of hydrogen-bond donors (Lipinski definition) is 1. The van der Waals surface area contributed by atoms with Crippen LogP contribution in [-0.2, 0) is 4.79 Å². The third-order valence-corrected chi connectivity index (χ3v) is 4.63. The maximum absolute atomic E-state index is 11.1. The molecule has 3 aromatic rings. The average molecular weight is 378 g/mol. The Bertz CT molecular complexity index is 941. The second-order valence-electron chi connectivity index (χ2n) is 6.88. The summed E-state index contributed by atoms with van der Waals surface area (Å²) in [7, 11) is 1.74. The van der Waals surface area contributed by atoms with E-state index in [0.717, 1.165) is 47.0 Å². The lowest BCUT2D eigenvalue weighted by Crippen LogP contribution is -2.25. The Morgan fingerprint density at radius 3 is 2.61 bits per heavy atom. The number of aromatic nitrogens is 1. The van der Waals surface area contributed by atoms with Crippen molar-refractivity contribution in [1.29, 1.82) is 0 Å². The van der Waals surface area contributed by atoms with Crippen molar-refractivity contribution in [2.24, 2.45) is 0 Å². The summed E-state index contributed by atoms with van der Waals surface area (Å²) < 4.78 is 5.92. The van der Waals surface area contributed by atoms with Gasteiger partial charge >= 0.3 is 5.97 Å². The normalized spacial score (nSPS) is 10.8. The van der Waals surface area contributed by atoms with Gasteiger partial charge in [-0.3, -0.25) is 4.79 Å². The number of carbonyl (C=O) groups is 1. The SMILES string of the molecule is CCCCCOc1ccc2nc(N(C)CC(=O)O)cc(-c3ccccc3)c2c1. The molecule has 0 bridgehead atoms. The number of aliphatic carboxylic acids is 1. The molecule has 2 aromatic carbocycles. The van der Waals surface area contributed by atoms with Crippen LogP contribution in [0.5, 0.6) is 5.75 Å². The van der Waals surface area contributed by atoms with Gasteiger partial charge in [-0.25, -0.2) is 4.98 Å². The molecule has 0 unspecified atom stereocenters. The third-order valence-electron chi connectivity index (χ3n) is 4.63. The Kier molecular flexibility index (Phi) is 6.48. The maximum Gasteiger partial charge on any atom is 0.323 e. The molecule has 0 radical (unpaired) electrons. The van der Waals surface area contributed by atoms with Gasteiger partial charge in [-0.1, -0.05) is 50.1 Å². The van der Waals surface area contributed by atoms with Crippen LogP contribution in [0, 0.1) is 0 Å². The van der Waals surface area contributed by atoms with E-state index in [1.165, 1.54) is 0 Å². The first-order valence-corrected chi connectivity index (χ1v) is 9.64. The molecule has 146 valence electrons. The van der Waals surface area contributed by atoms with Crippen molar-refractivity contribution in [2.75, 3.05) is 25.1 Å². The molecule has 28 heavy (non-hydrogen) atoms. The van der Waals surface area contributed by atoms with Gasteiger partial charge in [0.05, 0.1) is 12.1 Å². The van der Waals surface area contributed by atoms with Crippen molar-refractivity contribution >= 4 is 22.7 Å². The molecular weight excluding hydrogens is 352 g/mol. The molecular formula is C23H26N2O3. The van der Waals surface area contributed by atoms with Gasteiger partial charge < -0.3 is 14.7 Å². The van der Waals surface area contributed by atoms with Gasteiger partial charge in [0.2, 0.25) is 0 Å². The number of ether oxygens (including phenoxy) is 1. The van der Waals surface area contributed by atoms with Gasteiger partial charge in [0, 0.05) is 12.4 Å². The Hall–Kier alpha value is -3.08. The topological polar surface area (TPSA) is 62.7 Å². The van der Waals surface area contributed by atoms with E-state index in [2.05, 4.69) is 11.9 Å². The van der Waals surface area contributed by atoms with Crippen LogP contribution >= 0.6 is 0 Å². The fourth-order valence-electron chi connectivity index (χ4n) is 3.16. The molecule has 0 aliphatic rings. The van der Waals surface area contributed by atoms with Crippen molar-refractivity contribution in [2.45, 2.75) is 26.2 Å². The zero-order valence-electron chi connectivity index (χ0n) is 16.4. The molecule has 1 heterocycles. The lowest BCUT2D eigenvalue weighted by Gasteiger charge is -2.18. The number of fused-ring (bicyclic) bond motifs is 1. The molecule has 1 N–H and O–H groups in total. The molecule has 0 fully saturated rings. The van der Waals surface area contributed by atoms with Crippen LogP contribution in [0.15, 0.2) is 54.6 Å². The highest BCUT2D eigenvalue weighted by Gasteiger charge is 2.13. The predicted molar refractivity (Wildman–Crippen MR) is 113 cm³/mol. The van der Waals surface area contributed by atoms with Crippen molar-refractivity contribution in [1.82, 2.24) is 4.98 Å². The van der Waals surface area contributed by atoms with E-state index in [1.54, 1.807) is 11.9 Å². The van der Waals surface area contributed by atoms with Crippen molar-refractivity contribution < 1.29 is 14.6 Å². The highest BCUT2D eigenvalue weighted by molar-refractivity contribution is 5.97. The highest BCUT2D eigenvalue weighted by atomic mass is 16.5. The Labute approximate surface area is 165 Å². The molecule has 0 saturated carbocycles. The molecule has 0 amide bonds. The van der Waals surface area contributed by atoms with Gasteiger partial charge in [-0.2, -0.15) is 0 Å². The number of nitrogens with zero attached hydrogens (tertiary/aromatic N) is 2. The van der Waals surface area contributed by atoms with Gasteiger partial charge in [-0.05, 0) is 41.8 Å². The van der Waals surface area contributed by atoms with Crippen LogP contribution in [0.1, 0.15) is 26.2 Å². The first-order chi connectivity index (χ1) is 13.6. The minimum atomic E-state index is -0.888. The quantitative estimate of drug-likeness (QED) is 0.531. The maximum atomic E-state index is 11.1. The smallest absolute Gasteiger partial charge is 0.323 e. The number of unbranched alkanes of at least 4 members (excludes halogenated alkanes) is 2. The summed E-state index contributed by atoms with van der Waals surface area (Å²) >= 11 is 0. The van der Waals surface area contributed by atoms with E-state index < -0.39 is 5.97 Å². The summed E-state index contributed by atoms with van der Waals surface area (Å²) in [6.45, 7) is 2.77. The summed E-state index contributed by atoms with van der Waals surface area (Å²) in [5.74, 6) is 0.570. The van der Waals surface area contributed by atoms with Gasteiger partial charge in [0.25, 0.3) is 0 Å². The average Bonchev–Trinajstić information content (AvgIpc) is 2.70. The van der Waals surface area contributed by atoms with E-state index in [4.69, 9.17) is 9.84 Å². The first-order valence-electron chi connectivity index (χ1n) is 9.64. The molecule has 0 saturated heterocycles. The number of hydrogen-bond acceptors (Lipinski definition) is 4. The first kappa shape index (κ1) is 19.7. The number of rotatable bonds is 9. The molecule has 0 aliphatic heterocycles. The number of pyridine rings is 1. The summed E-state index contributed by atoms with van der Waals surface area (Å²) in [5.41, 5.74) is 2.88. The molecule has 0 aliphatic carbocycles. The fourth-order valence-corrected chi connectivity index (χ4v) is 3.16. The minimum Gasteiger partial charge on any atom is -0.494 e. The van der Waals surface area contributed by atoms with Crippen molar-refractivity contribution in [3.05, 3.63) is 54.6 Å². The zero-order chi connectivity index (χ0) is 19.9. The zero-order valence-corrected chi connectivity index (χ0v) is 16.4. The fraction of sp³-hybridized carbons (Fsp3) is 0.304. The van der Waals surface area contributed by atoms with Crippen molar-refractivity contribution in [3.63, 3.8) is 0 Å². The summed E-state index contributed by atoms with van der Waals surface area (Å²) in [4.78, 5) is 17.4. The van der Waals surface area contributed by atoms with Crippen LogP contribution in [0.4, 0.5) is 5.82 Å². The molecule has 3 rings (SSSR count). The van der Waals surface area contributed by atoms with E-state index in [1.807, 2.05) is 54.6 Å². The van der Waals surface area contributed by atoms with E-state index >= 15 is 0 Å². The third kappa shape index (κ3) is 4.80. The Morgan fingerprint density at radius 1 is 1.11 bits per heavy atom. The minimum absolute atomic E-state index is 0.106. The molecule has 1 aromatic heterocycles. The highest BCUT2D eigenvalue weighted by Crippen LogP contribution is 2.33. The molecule has 0 spiro atoms. The Balaban J connectivity index is 2.03. The number of anilines is 1. The van der Waals surface area contributed by atoms with Crippen LogP contribution in [0.25, 0.3) is 22.0 Å². The van der Waals surface area contributed by atoms with Gasteiger partial charge in [0.1, 0.15) is 18.1 Å². The summed E-state index contributed by atoms with van der Waals surface area (Å²) in [6, 6.07) is 17.9. The van der Waals surface area contributed by atoms with E-state index in [9.17, 15) is 4.79 Å². The second kappa shape index (κ2) is 9.22. The predicted octanol–water partition coefficient (Wildman–Crippen LogP) is 4.99. The standard InChI is InChI=1S/C23H26N2O3/c1-3-4-8-13-28-18-11-12-21-20(14-18)19(17-9-6-5-7-10-17)15-22(24-21)25(2)16-23(26)27/h5-7,9-12,14-15H,3-4,8,13,16H2,1-2H3,(H,26,27). The number of carboxylic acid groups (broad SMARTS) is 1. The number of likely N-dealkylation sites (N-methyl/N-ethyl adjacent to an activating group) is 1. The number of carboxylic acids is 1. The van der Waals surface area contributed by atoms with Gasteiger partial charge in [0.15, 0.2) is 0 Å². The monoisotopic (exact) mass is 378 g/mol. The van der Waals surface area contributed by atoms with Crippen LogP contribution in [0.3, 0.4) is 0 Å². The summed E-state index contributed by atoms with van der Waals surface area (Å²) in [5, 5.41) is 10.1. The van der Waals surface area contributed by atoms with Crippen molar-refractivity contribution in [3.8, 4) is 16.9 Å². The Morgan fingerprint density at radius 2 is 1.89 bits per heavy atom. The summed E-state index contributed by atoms with van der Waals surface area (Å²) in [6.07, 6.45) is 3.36. The van der Waals surface area contributed by atoms with E-state index in [-0.39, 0.29) is 6.54 Å². The largest absolute Gasteiger partial charge is 0.494 e. The molecule has 0 atom stereocenters. The van der Waals surface area contributed by atoms with E-state index in [0.29, 0.717) is 12.4 Å². The molecule has 5 heteroatoms. The lowest BCUT2D eigenvalue weighted by molar-refractivity contribution is -0.135. The van der Waals surface area contributed by atoms with Crippen LogP contribution in [0.2, 0.25) is 0 Å². The van der Waals surface area contributed by atoms with Gasteiger partial charge in [-0.15, -0.1) is 0 Å². The van der Waals surface area contributed by atoms with Crippen LogP contribution < -0.4 is 9.64 Å². The lowest BCUT2D eigenvalue weighted by atomic mass is 10.0.